The number of benzene rings is 1. The minimum Gasteiger partial charge on any atom is -0.480 e. The lowest BCUT2D eigenvalue weighted by Gasteiger charge is -2.24. The highest BCUT2D eigenvalue weighted by molar-refractivity contribution is 9.12. The van der Waals surface area contributed by atoms with E-state index in [4.69, 9.17) is 4.74 Å². The number of hydrogen-bond acceptors (Lipinski definition) is 6. The maximum Gasteiger partial charge on any atom is 0.326 e. The molecule has 1 aromatic carbocycles. The molecule has 30 heavy (non-hydrogen) atoms. The van der Waals surface area contributed by atoms with Gasteiger partial charge in [-0.15, -0.1) is 0 Å². The van der Waals surface area contributed by atoms with Gasteiger partial charge >= 0.3 is 5.97 Å². The molecule has 2 aromatic heterocycles. The Kier molecular flexibility index (Phi) is 5.50. The Morgan fingerprint density at radius 3 is 2.73 bits per heavy atom. The Hall–Kier alpha value is -3.26. The molecule has 7 nitrogen and oxygen atoms in total. The molecule has 0 aliphatic heterocycles. The third-order valence-electron chi connectivity index (χ3n) is 4.80. The first-order valence-electron chi connectivity index (χ1n) is 9.30. The number of aliphatic carboxylic acids is 1. The highest BCUT2D eigenvalue weighted by Crippen LogP contribution is 2.29. The van der Waals surface area contributed by atoms with Gasteiger partial charge in [0.1, 0.15) is 11.8 Å². The van der Waals surface area contributed by atoms with E-state index in [9.17, 15) is 14.7 Å². The van der Waals surface area contributed by atoms with Crippen LogP contribution >= 0.6 is 15.9 Å². The SMILES string of the molecule is Cc1cc2ccncc2c(Oc2ccc(C[C@H](NC3=C(Br)C(=O)C3)C(=O)O)cc2)n1. The quantitative estimate of drug-likeness (QED) is 0.543. The van der Waals surface area contributed by atoms with Crippen LogP contribution in [0.4, 0.5) is 0 Å². The van der Waals surface area contributed by atoms with Gasteiger partial charge in [0, 0.05) is 30.2 Å². The van der Waals surface area contributed by atoms with Gasteiger partial charge in [-0.05, 0) is 58.1 Å². The summed E-state index contributed by atoms with van der Waals surface area (Å²) in [5.41, 5.74) is 2.29. The van der Waals surface area contributed by atoms with Crippen LogP contribution in [0.2, 0.25) is 0 Å². The molecule has 0 fully saturated rings. The Balaban J connectivity index is 1.49. The predicted molar refractivity (Wildman–Crippen MR) is 115 cm³/mol. The number of halogens is 1. The zero-order chi connectivity index (χ0) is 21.3. The first-order valence-corrected chi connectivity index (χ1v) is 10.1. The second-order valence-corrected chi connectivity index (χ2v) is 7.84. The number of ether oxygens (including phenoxy) is 1. The lowest BCUT2D eigenvalue weighted by atomic mass is 10.0. The van der Waals surface area contributed by atoms with Gasteiger partial charge < -0.3 is 15.2 Å². The second-order valence-electron chi connectivity index (χ2n) is 7.04. The number of carbonyl (C=O) groups is 2. The largest absolute Gasteiger partial charge is 0.480 e. The summed E-state index contributed by atoms with van der Waals surface area (Å²) >= 11 is 3.17. The van der Waals surface area contributed by atoms with Gasteiger partial charge in [-0.25, -0.2) is 9.78 Å². The van der Waals surface area contributed by atoms with E-state index in [0.29, 0.717) is 21.8 Å². The van der Waals surface area contributed by atoms with Crippen LogP contribution in [-0.4, -0.2) is 32.9 Å². The Bertz CT molecular complexity index is 1170. The maximum absolute atomic E-state index is 11.6. The van der Waals surface area contributed by atoms with Gasteiger partial charge in [0.05, 0.1) is 16.3 Å². The molecule has 0 radical (unpaired) electrons. The monoisotopic (exact) mass is 467 g/mol. The summed E-state index contributed by atoms with van der Waals surface area (Å²) in [5.74, 6) is 0.0558. The average molecular weight is 468 g/mol. The second kappa shape index (κ2) is 8.23. The fourth-order valence-electron chi connectivity index (χ4n) is 3.21. The molecule has 3 aromatic rings. The topological polar surface area (TPSA) is 101 Å². The Labute approximate surface area is 180 Å². The maximum atomic E-state index is 11.6. The number of fused-ring (bicyclic) bond motifs is 1. The van der Waals surface area contributed by atoms with Crippen molar-refractivity contribution in [3.8, 4) is 11.6 Å². The van der Waals surface area contributed by atoms with Crippen LogP contribution in [0.3, 0.4) is 0 Å². The van der Waals surface area contributed by atoms with E-state index in [2.05, 4.69) is 31.2 Å². The standard InChI is InChI=1S/C22H18BrN3O4/c1-12-8-14-6-7-24-11-16(14)21(25-12)30-15-4-2-13(3-5-15)9-18(22(28)29)26-17-10-19(27)20(17)23/h2-8,11,18,26H,9-10H2,1H3,(H,28,29)/t18-/m0/s1. The molecule has 1 aliphatic carbocycles. The van der Waals surface area contributed by atoms with Crippen LogP contribution < -0.4 is 10.1 Å². The first kappa shape index (κ1) is 20.0. The molecule has 0 amide bonds. The number of hydrogen-bond donors (Lipinski definition) is 2. The van der Waals surface area contributed by atoms with Crippen LogP contribution in [0.15, 0.2) is 59.0 Å². The highest BCUT2D eigenvalue weighted by Gasteiger charge is 2.29. The molecule has 0 unspecified atom stereocenters. The lowest BCUT2D eigenvalue weighted by Crippen LogP contribution is -2.41. The molecule has 8 heteroatoms. The summed E-state index contributed by atoms with van der Waals surface area (Å²) in [6.45, 7) is 1.90. The molecule has 2 heterocycles. The number of Topliss-reactive ketones (excluding diaryl/α,β-unsaturated/α-hetero) is 1. The van der Waals surface area contributed by atoms with Crippen LogP contribution in [-0.2, 0) is 16.0 Å². The lowest BCUT2D eigenvalue weighted by molar-refractivity contribution is -0.139. The number of allylic oxidation sites excluding steroid dienone is 2. The fourth-order valence-corrected chi connectivity index (χ4v) is 3.60. The molecule has 2 N–H and O–H groups in total. The molecule has 0 spiro atoms. The van der Waals surface area contributed by atoms with Crippen molar-refractivity contribution in [2.45, 2.75) is 25.8 Å². The van der Waals surface area contributed by atoms with Crippen LogP contribution in [0.1, 0.15) is 17.7 Å². The van der Waals surface area contributed by atoms with Gasteiger partial charge in [-0.2, -0.15) is 0 Å². The smallest absolute Gasteiger partial charge is 0.326 e. The summed E-state index contributed by atoms with van der Waals surface area (Å²) in [7, 11) is 0. The average Bonchev–Trinajstić information content (AvgIpc) is 2.73. The number of nitrogens with zero attached hydrogens (tertiary/aromatic N) is 2. The first-order chi connectivity index (χ1) is 14.4. The number of rotatable bonds is 7. The molecule has 4 rings (SSSR count). The normalized spacial score (nSPS) is 14.4. The van der Waals surface area contributed by atoms with Crippen molar-refractivity contribution in [1.82, 2.24) is 15.3 Å². The third kappa shape index (κ3) is 4.18. The zero-order valence-corrected chi connectivity index (χ0v) is 17.6. The van der Waals surface area contributed by atoms with Crippen molar-refractivity contribution in [2.75, 3.05) is 0 Å². The van der Waals surface area contributed by atoms with Crippen molar-refractivity contribution in [3.05, 3.63) is 70.2 Å². The minimum absolute atomic E-state index is 0.0318. The number of carboxylic acids is 1. The van der Waals surface area contributed by atoms with Crippen molar-refractivity contribution in [3.63, 3.8) is 0 Å². The summed E-state index contributed by atoms with van der Waals surface area (Å²) in [5, 5.41) is 14.2. The molecule has 1 aliphatic rings. The van der Waals surface area contributed by atoms with Gasteiger partial charge in [-0.3, -0.25) is 9.78 Å². The van der Waals surface area contributed by atoms with Crippen LogP contribution in [0.5, 0.6) is 11.6 Å². The van der Waals surface area contributed by atoms with Crippen molar-refractivity contribution >= 4 is 38.5 Å². The molecule has 152 valence electrons. The molecule has 0 saturated carbocycles. The minimum atomic E-state index is -0.981. The molecule has 0 saturated heterocycles. The van der Waals surface area contributed by atoms with E-state index in [1.807, 2.05) is 31.2 Å². The van der Waals surface area contributed by atoms with Crippen molar-refractivity contribution < 1.29 is 19.4 Å². The third-order valence-corrected chi connectivity index (χ3v) is 5.72. The number of aromatic nitrogens is 2. The molecular formula is C22H18BrN3O4. The van der Waals surface area contributed by atoms with Gasteiger partial charge in [0.25, 0.3) is 0 Å². The number of ketones is 1. The molecule has 0 bridgehead atoms. The van der Waals surface area contributed by atoms with E-state index in [1.54, 1.807) is 24.5 Å². The molecule has 1 atom stereocenters. The number of aryl methyl sites for hydroxylation is 1. The van der Waals surface area contributed by atoms with E-state index < -0.39 is 12.0 Å². The van der Waals surface area contributed by atoms with E-state index in [1.165, 1.54) is 0 Å². The zero-order valence-electron chi connectivity index (χ0n) is 16.1. The predicted octanol–water partition coefficient (Wildman–Crippen LogP) is 3.90. The number of nitrogens with one attached hydrogen (secondary N) is 1. The Morgan fingerprint density at radius 2 is 2.07 bits per heavy atom. The fraction of sp³-hybridized carbons (Fsp3) is 0.182. The van der Waals surface area contributed by atoms with Gasteiger partial charge in [0.15, 0.2) is 5.78 Å². The van der Waals surface area contributed by atoms with Crippen molar-refractivity contribution in [1.29, 1.82) is 0 Å². The van der Waals surface area contributed by atoms with E-state index >= 15 is 0 Å². The summed E-state index contributed by atoms with van der Waals surface area (Å²) < 4.78 is 6.38. The van der Waals surface area contributed by atoms with E-state index in [0.717, 1.165) is 22.0 Å². The van der Waals surface area contributed by atoms with Gasteiger partial charge in [-0.1, -0.05) is 12.1 Å². The summed E-state index contributed by atoms with van der Waals surface area (Å²) in [6.07, 6.45) is 3.93. The Morgan fingerprint density at radius 1 is 1.30 bits per heavy atom. The highest BCUT2D eigenvalue weighted by atomic mass is 79.9. The number of carboxylic acid groups (broad SMARTS) is 1. The van der Waals surface area contributed by atoms with E-state index in [-0.39, 0.29) is 18.6 Å². The number of pyridine rings is 2. The van der Waals surface area contributed by atoms with Crippen LogP contribution in [0.25, 0.3) is 10.8 Å². The van der Waals surface area contributed by atoms with Gasteiger partial charge in [0.2, 0.25) is 5.88 Å². The number of carbonyl (C=O) groups excluding carboxylic acids is 1. The summed E-state index contributed by atoms with van der Waals surface area (Å²) in [6, 6.07) is 10.2. The van der Waals surface area contributed by atoms with Crippen LogP contribution in [0, 0.1) is 6.92 Å². The van der Waals surface area contributed by atoms with Crippen molar-refractivity contribution in [2.24, 2.45) is 0 Å². The summed E-state index contributed by atoms with van der Waals surface area (Å²) in [4.78, 5) is 31.5. The molecular weight excluding hydrogens is 450 g/mol.